The van der Waals surface area contributed by atoms with Gasteiger partial charge < -0.3 is 10.0 Å². The first-order valence-electron chi connectivity index (χ1n) is 6.29. The van der Waals surface area contributed by atoms with Crippen LogP contribution in [0.15, 0.2) is 12.1 Å². The van der Waals surface area contributed by atoms with Crippen molar-refractivity contribution in [2.24, 2.45) is 0 Å². The summed E-state index contributed by atoms with van der Waals surface area (Å²) < 4.78 is 0. The van der Waals surface area contributed by atoms with Gasteiger partial charge in [0.05, 0.1) is 22.4 Å². The van der Waals surface area contributed by atoms with Crippen molar-refractivity contribution >= 4 is 22.2 Å². The van der Waals surface area contributed by atoms with E-state index in [0.29, 0.717) is 11.4 Å². The molecule has 1 aromatic rings. The minimum Gasteiger partial charge on any atom is -0.394 e. The van der Waals surface area contributed by atoms with Crippen molar-refractivity contribution in [3.8, 4) is 0 Å². The summed E-state index contributed by atoms with van der Waals surface area (Å²) in [6.07, 6.45) is 3.75. The molecule has 1 saturated heterocycles. The Bertz CT molecular complexity index is 474. The van der Waals surface area contributed by atoms with E-state index in [1.807, 2.05) is 0 Å². The third-order valence-electron chi connectivity index (χ3n) is 3.33. The Balaban J connectivity index is 2.17. The van der Waals surface area contributed by atoms with Crippen molar-refractivity contribution in [1.29, 1.82) is 0 Å². The fourth-order valence-electron chi connectivity index (χ4n) is 2.32. The molecule has 0 radical (unpaired) electrons. The number of hydrogen-bond donors (Lipinski definition) is 1. The predicted octanol–water partition coefficient (Wildman–Crippen LogP) is 2.03. The zero-order valence-electron chi connectivity index (χ0n) is 10.4. The molecule has 1 aliphatic heterocycles. The van der Waals surface area contributed by atoms with E-state index >= 15 is 0 Å². The second kappa shape index (κ2) is 6.12. The molecule has 1 aliphatic rings. The molecule has 19 heavy (non-hydrogen) atoms. The number of aliphatic hydroxyl groups is 1. The van der Waals surface area contributed by atoms with Crippen molar-refractivity contribution in [3.05, 3.63) is 27.1 Å². The summed E-state index contributed by atoms with van der Waals surface area (Å²) in [6, 6.07) is 2.67. The smallest absolute Gasteiger partial charge is 0.324 e. The van der Waals surface area contributed by atoms with Crippen molar-refractivity contribution < 1.29 is 14.8 Å². The Labute approximate surface area is 114 Å². The van der Waals surface area contributed by atoms with E-state index in [1.165, 1.54) is 12.1 Å². The van der Waals surface area contributed by atoms with Crippen LogP contribution in [0.5, 0.6) is 0 Å². The Kier molecular flexibility index (Phi) is 4.49. The van der Waals surface area contributed by atoms with Crippen LogP contribution in [0.3, 0.4) is 0 Å². The number of carbonyl (C=O) groups is 1. The van der Waals surface area contributed by atoms with Crippen LogP contribution in [0.1, 0.15) is 35.4 Å². The van der Waals surface area contributed by atoms with Crippen LogP contribution >= 0.6 is 11.3 Å². The molecule has 7 heteroatoms. The van der Waals surface area contributed by atoms with Crippen molar-refractivity contribution in [2.75, 3.05) is 13.2 Å². The lowest BCUT2D eigenvalue weighted by atomic mass is 10.1. The molecule has 0 aromatic carbocycles. The van der Waals surface area contributed by atoms with Crippen LogP contribution in [-0.2, 0) is 0 Å². The van der Waals surface area contributed by atoms with E-state index in [9.17, 15) is 20.0 Å². The Hall–Kier alpha value is -1.47. The van der Waals surface area contributed by atoms with Crippen molar-refractivity contribution in [1.82, 2.24) is 4.90 Å². The third kappa shape index (κ3) is 3.10. The van der Waals surface area contributed by atoms with Gasteiger partial charge in [0.1, 0.15) is 0 Å². The van der Waals surface area contributed by atoms with Crippen molar-refractivity contribution in [3.63, 3.8) is 0 Å². The summed E-state index contributed by atoms with van der Waals surface area (Å²) in [6.45, 7) is 0.551. The molecular formula is C12H16N2O4S. The van der Waals surface area contributed by atoms with Crippen LogP contribution in [0.2, 0.25) is 0 Å². The van der Waals surface area contributed by atoms with Gasteiger partial charge in [-0.1, -0.05) is 24.2 Å². The number of carbonyl (C=O) groups excluding carboxylic acids is 1. The molecule has 1 aromatic heterocycles. The average molecular weight is 284 g/mol. The zero-order chi connectivity index (χ0) is 13.8. The number of amides is 1. The Morgan fingerprint density at radius 2 is 2.26 bits per heavy atom. The van der Waals surface area contributed by atoms with Gasteiger partial charge in [0.25, 0.3) is 5.91 Å². The molecule has 1 unspecified atom stereocenters. The molecule has 1 amide bonds. The lowest BCUT2D eigenvalue weighted by Gasteiger charge is -2.28. The highest BCUT2D eigenvalue weighted by atomic mass is 32.1. The minimum atomic E-state index is -0.493. The van der Waals surface area contributed by atoms with Gasteiger partial charge in [-0.2, -0.15) is 0 Å². The van der Waals surface area contributed by atoms with Gasteiger partial charge in [-0.25, -0.2) is 0 Å². The lowest BCUT2D eigenvalue weighted by Crippen LogP contribution is -2.41. The van der Waals surface area contributed by atoms with Crippen LogP contribution in [0.25, 0.3) is 0 Å². The van der Waals surface area contributed by atoms with Gasteiger partial charge in [-0.15, -0.1) is 0 Å². The second-order valence-electron chi connectivity index (χ2n) is 4.58. The molecule has 0 spiro atoms. The predicted molar refractivity (Wildman–Crippen MR) is 71.4 cm³/mol. The minimum absolute atomic E-state index is 0.0290. The standard InChI is InChI=1S/C12H16N2O4S/c15-8-9-4-2-1-3-7-13(9)12(16)10-5-6-11(19-10)14(17)18/h5-6,9,15H,1-4,7-8H2. The van der Waals surface area contributed by atoms with Crippen molar-refractivity contribution in [2.45, 2.75) is 31.7 Å². The second-order valence-corrected chi connectivity index (χ2v) is 5.64. The summed E-state index contributed by atoms with van der Waals surface area (Å²) in [5.41, 5.74) is 0. The molecule has 1 atom stereocenters. The highest BCUT2D eigenvalue weighted by Gasteiger charge is 2.27. The number of likely N-dealkylation sites (tertiary alicyclic amines) is 1. The first kappa shape index (κ1) is 14.0. The maximum atomic E-state index is 12.4. The number of hydrogen-bond acceptors (Lipinski definition) is 5. The topological polar surface area (TPSA) is 83.7 Å². The van der Waals surface area contributed by atoms with Gasteiger partial charge in [0.15, 0.2) is 0 Å². The normalized spacial score (nSPS) is 20.1. The average Bonchev–Trinajstić information content (AvgIpc) is 2.77. The molecule has 0 aliphatic carbocycles. The molecule has 2 heterocycles. The summed E-state index contributed by atoms with van der Waals surface area (Å²) in [7, 11) is 0. The van der Waals surface area contributed by atoms with Crippen LogP contribution in [0, 0.1) is 10.1 Å². The molecule has 0 saturated carbocycles. The van der Waals surface area contributed by atoms with Crippen LogP contribution in [-0.4, -0.2) is 40.0 Å². The molecule has 2 rings (SSSR count). The number of nitro groups is 1. The quantitative estimate of drug-likeness (QED) is 0.680. The van der Waals surface area contributed by atoms with Gasteiger partial charge >= 0.3 is 5.00 Å². The zero-order valence-corrected chi connectivity index (χ0v) is 11.3. The fourth-order valence-corrected chi connectivity index (χ4v) is 3.09. The van der Waals surface area contributed by atoms with E-state index in [2.05, 4.69) is 0 Å². The number of nitrogens with zero attached hydrogens (tertiary/aromatic N) is 2. The summed E-state index contributed by atoms with van der Waals surface area (Å²) in [5.74, 6) is -0.209. The van der Waals surface area contributed by atoms with Gasteiger partial charge in [-0.05, 0) is 18.9 Å². The van der Waals surface area contributed by atoms with E-state index in [0.717, 1.165) is 37.0 Å². The fraction of sp³-hybridized carbons (Fsp3) is 0.583. The molecular weight excluding hydrogens is 268 g/mol. The molecule has 1 N–H and O–H groups in total. The molecule has 104 valence electrons. The molecule has 0 bridgehead atoms. The van der Waals surface area contributed by atoms with E-state index in [1.54, 1.807) is 4.90 Å². The molecule has 1 fully saturated rings. The summed E-state index contributed by atoms with van der Waals surface area (Å²) in [4.78, 5) is 24.5. The number of rotatable bonds is 3. The Morgan fingerprint density at radius 3 is 2.89 bits per heavy atom. The first-order valence-corrected chi connectivity index (χ1v) is 7.11. The monoisotopic (exact) mass is 284 g/mol. The van der Waals surface area contributed by atoms with Gasteiger partial charge in [0, 0.05) is 12.6 Å². The Morgan fingerprint density at radius 1 is 1.47 bits per heavy atom. The van der Waals surface area contributed by atoms with Crippen LogP contribution < -0.4 is 0 Å². The third-order valence-corrected chi connectivity index (χ3v) is 4.36. The molecule has 6 nitrogen and oxygen atoms in total. The highest BCUT2D eigenvalue weighted by Crippen LogP contribution is 2.27. The highest BCUT2D eigenvalue weighted by molar-refractivity contribution is 7.17. The summed E-state index contributed by atoms with van der Waals surface area (Å²) in [5, 5.41) is 20.0. The van der Waals surface area contributed by atoms with Gasteiger partial charge in [0.2, 0.25) is 0 Å². The van der Waals surface area contributed by atoms with E-state index in [4.69, 9.17) is 0 Å². The first-order chi connectivity index (χ1) is 9.13. The maximum absolute atomic E-state index is 12.4. The SMILES string of the molecule is O=C(c1ccc([N+](=O)[O-])s1)N1CCCCCC1CO. The number of aliphatic hydroxyl groups excluding tert-OH is 1. The maximum Gasteiger partial charge on any atom is 0.324 e. The number of thiophene rings is 1. The summed E-state index contributed by atoms with van der Waals surface area (Å²) >= 11 is 0.890. The van der Waals surface area contributed by atoms with E-state index < -0.39 is 4.92 Å². The lowest BCUT2D eigenvalue weighted by molar-refractivity contribution is -0.380. The largest absolute Gasteiger partial charge is 0.394 e. The van der Waals surface area contributed by atoms with E-state index in [-0.39, 0.29) is 23.6 Å². The van der Waals surface area contributed by atoms with Gasteiger partial charge in [-0.3, -0.25) is 14.9 Å². The van der Waals surface area contributed by atoms with Crippen LogP contribution in [0.4, 0.5) is 5.00 Å².